The van der Waals surface area contributed by atoms with Gasteiger partial charge in [0.25, 0.3) is 5.91 Å². The van der Waals surface area contributed by atoms with Crippen LogP contribution in [0.25, 0.3) is 0 Å². The van der Waals surface area contributed by atoms with E-state index in [4.69, 9.17) is 10.5 Å². The molecule has 1 aromatic carbocycles. The minimum absolute atomic E-state index is 0.0775. The highest BCUT2D eigenvalue weighted by Crippen LogP contribution is 2.37. The molecule has 4 nitrogen and oxygen atoms in total. The molecular formula is C15H19BrN2O2. The van der Waals surface area contributed by atoms with E-state index in [1.165, 1.54) is 0 Å². The number of methoxy groups -OCH3 is 1. The Morgan fingerprint density at radius 3 is 2.60 bits per heavy atom. The van der Waals surface area contributed by atoms with Gasteiger partial charge in [0, 0.05) is 22.6 Å². The van der Waals surface area contributed by atoms with Gasteiger partial charge in [0.05, 0.1) is 12.7 Å². The summed E-state index contributed by atoms with van der Waals surface area (Å²) in [7, 11) is 1.60. The van der Waals surface area contributed by atoms with Gasteiger partial charge in [-0.2, -0.15) is 0 Å². The van der Waals surface area contributed by atoms with Gasteiger partial charge in [-0.05, 0) is 43.9 Å². The molecule has 1 amide bonds. The average molecular weight is 339 g/mol. The van der Waals surface area contributed by atoms with Crippen molar-refractivity contribution in [1.82, 2.24) is 4.90 Å². The van der Waals surface area contributed by atoms with Crippen molar-refractivity contribution < 1.29 is 9.53 Å². The zero-order valence-electron chi connectivity index (χ0n) is 11.5. The SMILES string of the molecule is COc1cc(Br)ccc1C(=O)N1C2CCC1CC(N)C2. The lowest BCUT2D eigenvalue weighted by atomic mass is 9.97. The molecule has 2 heterocycles. The van der Waals surface area contributed by atoms with Gasteiger partial charge < -0.3 is 15.4 Å². The summed E-state index contributed by atoms with van der Waals surface area (Å²) in [5.74, 6) is 0.701. The molecule has 108 valence electrons. The van der Waals surface area contributed by atoms with Crippen molar-refractivity contribution >= 4 is 21.8 Å². The lowest BCUT2D eigenvalue weighted by Crippen LogP contribution is -2.50. The van der Waals surface area contributed by atoms with Gasteiger partial charge in [0.15, 0.2) is 0 Å². The summed E-state index contributed by atoms with van der Waals surface area (Å²) in [4.78, 5) is 14.9. The molecule has 2 unspecified atom stereocenters. The minimum atomic E-state index is 0.0775. The number of nitrogens with two attached hydrogens (primary N) is 1. The van der Waals surface area contributed by atoms with E-state index < -0.39 is 0 Å². The zero-order valence-corrected chi connectivity index (χ0v) is 13.1. The minimum Gasteiger partial charge on any atom is -0.496 e. The van der Waals surface area contributed by atoms with Gasteiger partial charge in [-0.15, -0.1) is 0 Å². The van der Waals surface area contributed by atoms with Crippen LogP contribution >= 0.6 is 15.9 Å². The van der Waals surface area contributed by atoms with E-state index in [9.17, 15) is 4.79 Å². The van der Waals surface area contributed by atoms with Crippen LogP contribution in [-0.4, -0.2) is 36.0 Å². The van der Waals surface area contributed by atoms with E-state index in [-0.39, 0.29) is 11.9 Å². The summed E-state index contributed by atoms with van der Waals surface area (Å²) in [6.45, 7) is 0. The molecule has 2 N–H and O–H groups in total. The molecular weight excluding hydrogens is 320 g/mol. The van der Waals surface area contributed by atoms with Crippen molar-refractivity contribution in [1.29, 1.82) is 0 Å². The zero-order chi connectivity index (χ0) is 14.3. The maximum Gasteiger partial charge on any atom is 0.258 e. The summed E-state index contributed by atoms with van der Waals surface area (Å²) in [6.07, 6.45) is 3.98. The van der Waals surface area contributed by atoms with E-state index in [1.54, 1.807) is 7.11 Å². The van der Waals surface area contributed by atoms with E-state index in [0.717, 1.165) is 30.2 Å². The predicted octanol–water partition coefficient (Wildman–Crippen LogP) is 2.55. The quantitative estimate of drug-likeness (QED) is 0.901. The van der Waals surface area contributed by atoms with Crippen molar-refractivity contribution in [2.45, 2.75) is 43.8 Å². The number of piperidine rings is 1. The summed E-state index contributed by atoms with van der Waals surface area (Å²) in [6, 6.07) is 6.38. The van der Waals surface area contributed by atoms with Crippen LogP contribution in [-0.2, 0) is 0 Å². The molecule has 0 spiro atoms. The van der Waals surface area contributed by atoms with Crippen LogP contribution in [0.15, 0.2) is 22.7 Å². The first kappa shape index (κ1) is 13.9. The Kier molecular flexibility index (Phi) is 3.73. The third-order valence-electron chi connectivity index (χ3n) is 4.40. The van der Waals surface area contributed by atoms with Gasteiger partial charge in [-0.25, -0.2) is 0 Å². The van der Waals surface area contributed by atoms with Crippen molar-refractivity contribution in [3.05, 3.63) is 28.2 Å². The van der Waals surface area contributed by atoms with E-state index in [1.807, 2.05) is 23.1 Å². The molecule has 2 bridgehead atoms. The highest BCUT2D eigenvalue weighted by Gasteiger charge is 2.42. The molecule has 2 atom stereocenters. The highest BCUT2D eigenvalue weighted by atomic mass is 79.9. The Bertz CT molecular complexity index is 521. The second-order valence-corrected chi connectivity index (χ2v) is 6.59. The van der Waals surface area contributed by atoms with Crippen LogP contribution in [0, 0.1) is 0 Å². The van der Waals surface area contributed by atoms with Crippen molar-refractivity contribution in [2.75, 3.05) is 7.11 Å². The van der Waals surface area contributed by atoms with Crippen LogP contribution in [0.5, 0.6) is 5.75 Å². The molecule has 5 heteroatoms. The first-order valence-electron chi connectivity index (χ1n) is 7.02. The Labute approximate surface area is 127 Å². The molecule has 2 aliphatic rings. The fourth-order valence-electron chi connectivity index (χ4n) is 3.53. The van der Waals surface area contributed by atoms with Gasteiger partial charge in [0.1, 0.15) is 5.75 Å². The fourth-order valence-corrected chi connectivity index (χ4v) is 3.87. The maximum absolute atomic E-state index is 12.8. The number of amides is 1. The molecule has 2 fully saturated rings. The number of ether oxygens (including phenoxy) is 1. The second kappa shape index (κ2) is 5.37. The number of carbonyl (C=O) groups is 1. The molecule has 0 saturated carbocycles. The Morgan fingerprint density at radius 2 is 2.00 bits per heavy atom. The maximum atomic E-state index is 12.8. The smallest absolute Gasteiger partial charge is 0.258 e. The Balaban J connectivity index is 1.90. The molecule has 20 heavy (non-hydrogen) atoms. The lowest BCUT2D eigenvalue weighted by molar-refractivity contribution is 0.0572. The molecule has 0 aromatic heterocycles. The first-order valence-corrected chi connectivity index (χ1v) is 7.81. The van der Waals surface area contributed by atoms with E-state index >= 15 is 0 Å². The van der Waals surface area contributed by atoms with E-state index in [0.29, 0.717) is 23.4 Å². The topological polar surface area (TPSA) is 55.6 Å². The standard InChI is InChI=1S/C15H19BrN2O2/c1-20-14-6-9(16)2-5-13(14)15(19)18-11-3-4-12(18)8-10(17)7-11/h2,5-6,10-12H,3-4,7-8,17H2,1H3. The number of rotatable bonds is 2. The molecule has 2 saturated heterocycles. The average Bonchev–Trinajstić information content (AvgIpc) is 2.70. The number of fused-ring (bicyclic) bond motifs is 2. The Morgan fingerprint density at radius 1 is 1.35 bits per heavy atom. The number of hydrogen-bond acceptors (Lipinski definition) is 3. The predicted molar refractivity (Wildman–Crippen MR) is 80.9 cm³/mol. The molecule has 0 radical (unpaired) electrons. The number of carbonyl (C=O) groups excluding carboxylic acids is 1. The molecule has 2 aliphatic heterocycles. The van der Waals surface area contributed by atoms with Crippen molar-refractivity contribution in [2.24, 2.45) is 5.73 Å². The van der Waals surface area contributed by atoms with Crippen LogP contribution in [0.4, 0.5) is 0 Å². The highest BCUT2D eigenvalue weighted by molar-refractivity contribution is 9.10. The second-order valence-electron chi connectivity index (χ2n) is 5.67. The third kappa shape index (κ3) is 2.33. The summed E-state index contributed by atoms with van der Waals surface area (Å²) >= 11 is 3.40. The van der Waals surface area contributed by atoms with Gasteiger partial charge in [-0.3, -0.25) is 4.79 Å². The number of hydrogen-bond donors (Lipinski definition) is 1. The normalized spacial score (nSPS) is 28.6. The molecule has 3 rings (SSSR count). The lowest BCUT2D eigenvalue weighted by Gasteiger charge is -2.38. The number of halogens is 1. The number of benzene rings is 1. The van der Waals surface area contributed by atoms with Crippen LogP contribution in [0.2, 0.25) is 0 Å². The molecule has 0 aliphatic carbocycles. The third-order valence-corrected chi connectivity index (χ3v) is 4.89. The summed E-state index contributed by atoms with van der Waals surface area (Å²) < 4.78 is 6.26. The van der Waals surface area contributed by atoms with Gasteiger partial charge in [0.2, 0.25) is 0 Å². The monoisotopic (exact) mass is 338 g/mol. The largest absolute Gasteiger partial charge is 0.496 e. The molecule has 1 aromatic rings. The van der Waals surface area contributed by atoms with E-state index in [2.05, 4.69) is 15.9 Å². The number of nitrogens with zero attached hydrogens (tertiary/aromatic N) is 1. The summed E-state index contributed by atoms with van der Waals surface area (Å²) in [5, 5.41) is 0. The van der Waals surface area contributed by atoms with Crippen molar-refractivity contribution in [3.63, 3.8) is 0 Å². The van der Waals surface area contributed by atoms with Gasteiger partial charge in [-0.1, -0.05) is 15.9 Å². The van der Waals surface area contributed by atoms with Crippen LogP contribution in [0.1, 0.15) is 36.0 Å². The Hall–Kier alpha value is -1.07. The van der Waals surface area contributed by atoms with Gasteiger partial charge >= 0.3 is 0 Å². The summed E-state index contributed by atoms with van der Waals surface area (Å²) in [5.41, 5.74) is 6.71. The first-order chi connectivity index (χ1) is 9.60. The fraction of sp³-hybridized carbons (Fsp3) is 0.533. The van der Waals surface area contributed by atoms with Crippen LogP contribution in [0.3, 0.4) is 0 Å². The van der Waals surface area contributed by atoms with Crippen molar-refractivity contribution in [3.8, 4) is 5.75 Å². The van der Waals surface area contributed by atoms with Crippen LogP contribution < -0.4 is 10.5 Å².